The lowest BCUT2D eigenvalue weighted by Gasteiger charge is -2.21. The number of hydrogen-bond donors (Lipinski definition) is 1. The van der Waals surface area contributed by atoms with Crippen molar-refractivity contribution in [3.8, 4) is 0 Å². The third-order valence-electron chi connectivity index (χ3n) is 4.79. The van der Waals surface area contributed by atoms with Crippen LogP contribution in [0.15, 0.2) is 27.7 Å². The van der Waals surface area contributed by atoms with E-state index in [2.05, 4.69) is 25.7 Å². The number of carbonyl (C=O) groups is 2. The highest BCUT2D eigenvalue weighted by Gasteiger charge is 2.41. The van der Waals surface area contributed by atoms with E-state index < -0.39 is 11.5 Å². The lowest BCUT2D eigenvalue weighted by molar-refractivity contribution is -0.138. The van der Waals surface area contributed by atoms with Crippen molar-refractivity contribution in [3.05, 3.63) is 22.8 Å². The molecule has 1 aliphatic rings. The molecule has 158 valence electrons. The molecule has 1 aliphatic heterocycles. The standard InChI is InChI=1S/C22H35ClN2O3/c1-9-15(6)18(17(10-13(2)3)20(26)28-12-16(7)23)19-24-21(27)22(8,25-19)11-14(4)5/h13-15H,7,9-12H2,1-6,8H3,(H,24,25,27)/b18-17-. The molecule has 2 unspecified atom stereocenters. The van der Waals surface area contributed by atoms with Gasteiger partial charge in [0.15, 0.2) is 0 Å². The van der Waals surface area contributed by atoms with Gasteiger partial charge in [0.05, 0.1) is 0 Å². The maximum Gasteiger partial charge on any atom is 0.334 e. The van der Waals surface area contributed by atoms with E-state index in [1.165, 1.54) is 0 Å². The zero-order valence-electron chi connectivity index (χ0n) is 18.3. The summed E-state index contributed by atoms with van der Waals surface area (Å²) in [7, 11) is 0. The van der Waals surface area contributed by atoms with Crippen LogP contribution in [0.5, 0.6) is 0 Å². The molecule has 1 rings (SSSR count). The summed E-state index contributed by atoms with van der Waals surface area (Å²) in [4.78, 5) is 30.3. The predicted octanol–water partition coefficient (Wildman–Crippen LogP) is 5.00. The molecule has 0 aromatic heterocycles. The van der Waals surface area contributed by atoms with Gasteiger partial charge < -0.3 is 10.1 Å². The van der Waals surface area contributed by atoms with E-state index in [9.17, 15) is 9.59 Å². The van der Waals surface area contributed by atoms with E-state index in [4.69, 9.17) is 21.3 Å². The molecular weight excluding hydrogens is 376 g/mol. The first-order valence-corrected chi connectivity index (χ1v) is 10.4. The Morgan fingerprint density at radius 1 is 1.25 bits per heavy atom. The Morgan fingerprint density at radius 2 is 1.86 bits per heavy atom. The van der Waals surface area contributed by atoms with Crippen molar-refractivity contribution in [1.29, 1.82) is 0 Å². The van der Waals surface area contributed by atoms with Crippen molar-refractivity contribution in [2.24, 2.45) is 22.7 Å². The Labute approximate surface area is 174 Å². The van der Waals surface area contributed by atoms with Crippen LogP contribution in [-0.4, -0.2) is 29.9 Å². The van der Waals surface area contributed by atoms with Gasteiger partial charge in [-0.3, -0.25) is 9.79 Å². The van der Waals surface area contributed by atoms with Gasteiger partial charge in [0.25, 0.3) is 5.91 Å². The van der Waals surface area contributed by atoms with E-state index in [0.29, 0.717) is 30.2 Å². The smallest absolute Gasteiger partial charge is 0.334 e. The molecule has 0 saturated heterocycles. The fourth-order valence-corrected chi connectivity index (χ4v) is 3.50. The number of amidine groups is 1. The van der Waals surface area contributed by atoms with E-state index in [-0.39, 0.29) is 29.4 Å². The quantitative estimate of drug-likeness (QED) is 0.406. The molecule has 0 aliphatic carbocycles. The van der Waals surface area contributed by atoms with Gasteiger partial charge in [-0.15, -0.1) is 0 Å². The maximum absolute atomic E-state index is 12.9. The number of rotatable bonds is 10. The van der Waals surface area contributed by atoms with E-state index in [1.807, 2.05) is 34.6 Å². The molecule has 1 heterocycles. The van der Waals surface area contributed by atoms with Gasteiger partial charge in [-0.25, -0.2) is 4.79 Å². The summed E-state index contributed by atoms with van der Waals surface area (Å²) in [6, 6.07) is 0. The molecule has 28 heavy (non-hydrogen) atoms. The number of aliphatic imine (C=N–C) groups is 1. The number of esters is 1. The van der Waals surface area contributed by atoms with Crippen LogP contribution in [0.25, 0.3) is 0 Å². The van der Waals surface area contributed by atoms with E-state index in [1.54, 1.807) is 0 Å². The van der Waals surface area contributed by atoms with Crippen molar-refractivity contribution >= 4 is 29.3 Å². The second-order valence-corrected chi connectivity index (χ2v) is 9.21. The number of halogens is 1. The van der Waals surface area contributed by atoms with Crippen molar-refractivity contribution in [1.82, 2.24) is 5.32 Å². The zero-order valence-corrected chi connectivity index (χ0v) is 19.1. The van der Waals surface area contributed by atoms with Crippen LogP contribution in [0, 0.1) is 17.8 Å². The average Bonchev–Trinajstić information content (AvgIpc) is 2.84. The first kappa shape index (κ1) is 24.4. The van der Waals surface area contributed by atoms with Gasteiger partial charge >= 0.3 is 5.97 Å². The molecule has 5 nitrogen and oxygen atoms in total. The minimum atomic E-state index is -0.820. The highest BCUT2D eigenvalue weighted by atomic mass is 35.5. The largest absolute Gasteiger partial charge is 0.457 e. The molecule has 6 heteroatoms. The second-order valence-electron chi connectivity index (χ2n) is 8.68. The molecule has 0 aromatic carbocycles. The number of nitrogens with one attached hydrogen (secondary N) is 1. The summed E-state index contributed by atoms with van der Waals surface area (Å²) in [6.07, 6.45) is 1.98. The highest BCUT2D eigenvalue weighted by molar-refractivity contribution is 6.29. The number of amides is 1. The van der Waals surface area contributed by atoms with E-state index >= 15 is 0 Å². The number of nitrogens with zero attached hydrogens (tertiary/aromatic N) is 1. The Hall–Kier alpha value is -1.62. The molecule has 0 spiro atoms. The van der Waals surface area contributed by atoms with Crippen molar-refractivity contribution in [2.45, 2.75) is 73.3 Å². The minimum absolute atomic E-state index is 0.0420. The SMILES string of the molecule is C=C(Cl)COC(=O)/C(CC(C)C)=C(\C1=NC(C)(CC(C)C)C(=O)N1)C(C)CC. The molecule has 2 atom stereocenters. The molecule has 0 fully saturated rings. The fraction of sp³-hybridized carbons (Fsp3) is 0.682. The predicted molar refractivity (Wildman–Crippen MR) is 115 cm³/mol. The Kier molecular flexibility index (Phi) is 8.93. The van der Waals surface area contributed by atoms with Crippen LogP contribution in [-0.2, 0) is 14.3 Å². The maximum atomic E-state index is 12.9. The average molecular weight is 411 g/mol. The van der Waals surface area contributed by atoms with Crippen molar-refractivity contribution < 1.29 is 14.3 Å². The first-order chi connectivity index (χ1) is 12.9. The Balaban J connectivity index is 3.48. The molecule has 0 aromatic rings. The zero-order chi connectivity index (χ0) is 21.6. The number of carbonyl (C=O) groups excluding carboxylic acids is 2. The van der Waals surface area contributed by atoms with Crippen molar-refractivity contribution in [3.63, 3.8) is 0 Å². The van der Waals surface area contributed by atoms with Crippen LogP contribution in [0.3, 0.4) is 0 Å². The van der Waals surface area contributed by atoms with Crippen LogP contribution >= 0.6 is 11.6 Å². The van der Waals surface area contributed by atoms with Crippen LogP contribution in [0.2, 0.25) is 0 Å². The summed E-state index contributed by atoms with van der Waals surface area (Å²) in [5.74, 6) is 0.551. The number of ether oxygens (including phenoxy) is 1. The molecule has 0 radical (unpaired) electrons. The lowest BCUT2D eigenvalue weighted by Crippen LogP contribution is -2.39. The first-order valence-electron chi connectivity index (χ1n) is 10.1. The third-order valence-corrected chi connectivity index (χ3v) is 4.90. The molecular formula is C22H35ClN2O3. The highest BCUT2D eigenvalue weighted by Crippen LogP contribution is 2.31. The Morgan fingerprint density at radius 3 is 2.32 bits per heavy atom. The lowest BCUT2D eigenvalue weighted by atomic mass is 9.88. The second kappa shape index (κ2) is 10.2. The topological polar surface area (TPSA) is 67.8 Å². The normalized spacial score (nSPS) is 21.4. The summed E-state index contributed by atoms with van der Waals surface area (Å²) in [6.45, 7) is 17.7. The van der Waals surface area contributed by atoms with Gasteiger partial charge in [0, 0.05) is 16.2 Å². The third kappa shape index (κ3) is 6.47. The van der Waals surface area contributed by atoms with Gasteiger partial charge in [0.1, 0.15) is 18.0 Å². The summed E-state index contributed by atoms with van der Waals surface area (Å²) < 4.78 is 5.35. The van der Waals surface area contributed by atoms with Gasteiger partial charge in [-0.05, 0) is 43.9 Å². The Bertz CT molecular complexity index is 679. The summed E-state index contributed by atoms with van der Waals surface area (Å²) in [5, 5.41) is 3.20. The van der Waals surface area contributed by atoms with Gasteiger partial charge in [0.2, 0.25) is 0 Å². The monoisotopic (exact) mass is 410 g/mol. The van der Waals surface area contributed by atoms with Crippen LogP contribution in [0.4, 0.5) is 0 Å². The van der Waals surface area contributed by atoms with Crippen LogP contribution < -0.4 is 5.32 Å². The molecule has 0 saturated carbocycles. The molecule has 0 bridgehead atoms. The van der Waals surface area contributed by atoms with Gasteiger partial charge in [-0.2, -0.15) is 0 Å². The molecule has 1 N–H and O–H groups in total. The van der Waals surface area contributed by atoms with Crippen molar-refractivity contribution in [2.75, 3.05) is 6.61 Å². The fourth-order valence-electron chi connectivity index (χ4n) is 3.45. The van der Waals surface area contributed by atoms with Crippen LogP contribution in [0.1, 0.15) is 67.7 Å². The summed E-state index contributed by atoms with van der Waals surface area (Å²) >= 11 is 5.77. The van der Waals surface area contributed by atoms with E-state index in [0.717, 1.165) is 12.0 Å². The van der Waals surface area contributed by atoms with Gasteiger partial charge in [-0.1, -0.05) is 59.7 Å². The minimum Gasteiger partial charge on any atom is -0.457 e. The number of hydrogen-bond acceptors (Lipinski definition) is 4. The summed E-state index contributed by atoms with van der Waals surface area (Å²) in [5.41, 5.74) is 0.497. The molecule has 1 amide bonds.